The van der Waals surface area contributed by atoms with Crippen molar-refractivity contribution in [3.05, 3.63) is 29.8 Å². The summed E-state index contributed by atoms with van der Waals surface area (Å²) in [6, 6.07) is 9.30. The first-order chi connectivity index (χ1) is 12.6. The molecule has 1 aromatic carbocycles. The molecule has 146 valence electrons. The van der Waals surface area contributed by atoms with Crippen LogP contribution in [0.4, 0.5) is 0 Å². The molecule has 2 aliphatic heterocycles. The Morgan fingerprint density at radius 3 is 2.54 bits per heavy atom. The van der Waals surface area contributed by atoms with Crippen LogP contribution in [0, 0.1) is 0 Å². The number of piperidine rings is 1. The molecular formula is C21H35N3O2. The Labute approximate surface area is 158 Å². The van der Waals surface area contributed by atoms with E-state index in [2.05, 4.69) is 34.6 Å². The van der Waals surface area contributed by atoms with Crippen LogP contribution < -0.4 is 0 Å². The highest BCUT2D eigenvalue weighted by Crippen LogP contribution is 2.25. The number of rotatable bonds is 6. The van der Waals surface area contributed by atoms with Gasteiger partial charge in [-0.3, -0.25) is 9.80 Å². The number of aliphatic hydroxyl groups excluding tert-OH is 1. The van der Waals surface area contributed by atoms with Gasteiger partial charge in [0.1, 0.15) is 5.75 Å². The molecule has 2 saturated heterocycles. The Morgan fingerprint density at radius 2 is 1.88 bits per heavy atom. The number of hydrogen-bond acceptors (Lipinski definition) is 5. The van der Waals surface area contributed by atoms with Crippen LogP contribution in [0.15, 0.2) is 24.3 Å². The molecule has 0 amide bonds. The van der Waals surface area contributed by atoms with Gasteiger partial charge in [0, 0.05) is 50.9 Å². The van der Waals surface area contributed by atoms with Crippen molar-refractivity contribution < 1.29 is 10.2 Å². The fourth-order valence-corrected chi connectivity index (χ4v) is 4.61. The number of aliphatic hydroxyl groups is 1. The Kier molecular flexibility index (Phi) is 6.92. The minimum atomic E-state index is 0.256. The molecule has 2 N–H and O–H groups in total. The maximum absolute atomic E-state index is 9.69. The third-order valence-corrected chi connectivity index (χ3v) is 6.09. The normalized spacial score (nSPS) is 24.4. The van der Waals surface area contributed by atoms with Crippen molar-refractivity contribution in [2.75, 3.05) is 39.3 Å². The van der Waals surface area contributed by atoms with Gasteiger partial charge in [-0.2, -0.15) is 0 Å². The van der Waals surface area contributed by atoms with Crippen molar-refractivity contribution in [2.24, 2.45) is 0 Å². The molecule has 5 heteroatoms. The van der Waals surface area contributed by atoms with E-state index < -0.39 is 0 Å². The number of likely N-dealkylation sites (tertiary alicyclic amines) is 1. The molecule has 2 fully saturated rings. The Hall–Kier alpha value is -1.14. The van der Waals surface area contributed by atoms with E-state index >= 15 is 0 Å². The monoisotopic (exact) mass is 361 g/mol. The molecule has 1 atom stereocenters. The summed E-state index contributed by atoms with van der Waals surface area (Å²) in [6.45, 7) is 11.2. The van der Waals surface area contributed by atoms with Gasteiger partial charge in [0.05, 0.1) is 0 Å². The van der Waals surface area contributed by atoms with Gasteiger partial charge in [0.25, 0.3) is 0 Å². The SMILES string of the molecule is CC(C)N1CCC(N2CCN(Cc3cccc(O)c3)CC2CCO)CC1. The summed E-state index contributed by atoms with van der Waals surface area (Å²) in [5.41, 5.74) is 1.16. The molecule has 2 aliphatic rings. The zero-order chi connectivity index (χ0) is 18.5. The van der Waals surface area contributed by atoms with Crippen LogP contribution in [-0.2, 0) is 6.54 Å². The molecule has 0 aromatic heterocycles. The maximum Gasteiger partial charge on any atom is 0.115 e. The van der Waals surface area contributed by atoms with E-state index in [9.17, 15) is 10.2 Å². The van der Waals surface area contributed by atoms with Crippen LogP contribution in [0.5, 0.6) is 5.75 Å². The van der Waals surface area contributed by atoms with Gasteiger partial charge in [0.2, 0.25) is 0 Å². The zero-order valence-electron chi connectivity index (χ0n) is 16.3. The molecule has 0 spiro atoms. The molecule has 3 rings (SSSR count). The van der Waals surface area contributed by atoms with Crippen LogP contribution in [0.2, 0.25) is 0 Å². The molecule has 5 nitrogen and oxygen atoms in total. The van der Waals surface area contributed by atoms with E-state index in [1.165, 1.54) is 25.9 Å². The summed E-state index contributed by atoms with van der Waals surface area (Å²) in [5.74, 6) is 0.338. The second-order valence-corrected chi connectivity index (χ2v) is 8.17. The van der Waals surface area contributed by atoms with Crippen LogP contribution in [0.25, 0.3) is 0 Å². The molecular weight excluding hydrogens is 326 g/mol. The van der Waals surface area contributed by atoms with E-state index in [0.717, 1.165) is 38.2 Å². The molecule has 1 aromatic rings. The van der Waals surface area contributed by atoms with Crippen LogP contribution in [0.1, 0.15) is 38.7 Å². The number of phenols is 1. The van der Waals surface area contributed by atoms with Crippen LogP contribution in [0.3, 0.4) is 0 Å². The van der Waals surface area contributed by atoms with E-state index in [0.29, 0.717) is 23.9 Å². The quantitative estimate of drug-likeness (QED) is 0.813. The molecule has 0 saturated carbocycles. The van der Waals surface area contributed by atoms with Crippen molar-refractivity contribution in [1.29, 1.82) is 0 Å². The molecule has 0 bridgehead atoms. The van der Waals surface area contributed by atoms with Gasteiger partial charge in [-0.1, -0.05) is 12.1 Å². The Morgan fingerprint density at radius 1 is 1.12 bits per heavy atom. The van der Waals surface area contributed by atoms with Crippen molar-refractivity contribution in [1.82, 2.24) is 14.7 Å². The first-order valence-electron chi connectivity index (χ1n) is 10.2. The summed E-state index contributed by atoms with van der Waals surface area (Å²) in [6.07, 6.45) is 3.33. The van der Waals surface area contributed by atoms with Crippen molar-refractivity contribution in [3.63, 3.8) is 0 Å². The number of piperazine rings is 1. The second-order valence-electron chi connectivity index (χ2n) is 8.17. The number of hydrogen-bond donors (Lipinski definition) is 2. The molecule has 26 heavy (non-hydrogen) atoms. The third kappa shape index (κ3) is 4.97. The number of nitrogens with zero attached hydrogens (tertiary/aromatic N) is 3. The lowest BCUT2D eigenvalue weighted by atomic mass is 9.97. The summed E-state index contributed by atoms with van der Waals surface area (Å²) in [5, 5.41) is 19.3. The van der Waals surface area contributed by atoms with Gasteiger partial charge in [0.15, 0.2) is 0 Å². The number of benzene rings is 1. The third-order valence-electron chi connectivity index (χ3n) is 6.09. The van der Waals surface area contributed by atoms with Crippen molar-refractivity contribution in [3.8, 4) is 5.75 Å². The zero-order valence-corrected chi connectivity index (χ0v) is 16.3. The largest absolute Gasteiger partial charge is 0.508 e. The number of aromatic hydroxyl groups is 1. The van der Waals surface area contributed by atoms with E-state index in [1.54, 1.807) is 6.07 Å². The predicted molar refractivity (Wildman–Crippen MR) is 105 cm³/mol. The van der Waals surface area contributed by atoms with Gasteiger partial charge < -0.3 is 15.1 Å². The molecule has 1 unspecified atom stereocenters. The highest BCUT2D eigenvalue weighted by Gasteiger charge is 2.33. The number of phenolic OH excluding ortho intramolecular Hbond substituents is 1. The second kappa shape index (κ2) is 9.18. The van der Waals surface area contributed by atoms with Crippen molar-refractivity contribution in [2.45, 2.75) is 57.8 Å². The average molecular weight is 362 g/mol. The van der Waals surface area contributed by atoms with Gasteiger partial charge in [-0.25, -0.2) is 0 Å². The van der Waals surface area contributed by atoms with Gasteiger partial charge in [-0.05, 0) is 63.9 Å². The average Bonchev–Trinajstić information content (AvgIpc) is 2.62. The summed E-state index contributed by atoms with van der Waals surface area (Å²) in [7, 11) is 0. The summed E-state index contributed by atoms with van der Waals surface area (Å²) >= 11 is 0. The minimum Gasteiger partial charge on any atom is -0.508 e. The molecule has 0 aliphatic carbocycles. The standard InChI is InChI=1S/C21H35N3O2/c1-17(2)23-9-6-19(7-10-23)24-12-11-22(16-20(24)8-13-25)15-18-4-3-5-21(26)14-18/h3-5,14,17,19-20,25-26H,6-13,15-16H2,1-2H3. The fourth-order valence-electron chi connectivity index (χ4n) is 4.61. The maximum atomic E-state index is 9.69. The van der Waals surface area contributed by atoms with E-state index in [1.807, 2.05) is 12.1 Å². The van der Waals surface area contributed by atoms with Crippen LogP contribution in [-0.4, -0.2) is 82.4 Å². The Balaban J connectivity index is 1.58. The van der Waals surface area contributed by atoms with Gasteiger partial charge in [-0.15, -0.1) is 0 Å². The minimum absolute atomic E-state index is 0.256. The highest BCUT2D eigenvalue weighted by molar-refractivity contribution is 5.27. The van der Waals surface area contributed by atoms with Crippen molar-refractivity contribution >= 4 is 0 Å². The summed E-state index contributed by atoms with van der Waals surface area (Å²) < 4.78 is 0. The summed E-state index contributed by atoms with van der Waals surface area (Å²) in [4.78, 5) is 7.72. The smallest absolute Gasteiger partial charge is 0.115 e. The van der Waals surface area contributed by atoms with E-state index in [4.69, 9.17) is 0 Å². The molecule has 2 heterocycles. The van der Waals surface area contributed by atoms with E-state index in [-0.39, 0.29) is 6.61 Å². The van der Waals surface area contributed by atoms with Gasteiger partial charge >= 0.3 is 0 Å². The lowest BCUT2D eigenvalue weighted by Crippen LogP contribution is -2.58. The first-order valence-corrected chi connectivity index (χ1v) is 10.2. The van der Waals surface area contributed by atoms with Crippen LogP contribution >= 0.6 is 0 Å². The Bertz CT molecular complexity index is 558. The topological polar surface area (TPSA) is 50.2 Å². The highest BCUT2D eigenvalue weighted by atomic mass is 16.3. The fraction of sp³-hybridized carbons (Fsp3) is 0.714. The lowest BCUT2D eigenvalue weighted by molar-refractivity contribution is -0.0000375. The first kappa shape index (κ1) is 19.6. The predicted octanol–water partition coefficient (Wildman–Crippen LogP) is 2.13. The lowest BCUT2D eigenvalue weighted by Gasteiger charge is -2.48. The molecule has 0 radical (unpaired) electrons.